The number of hydrogen-bond acceptors (Lipinski definition) is 4. The fourth-order valence-electron chi connectivity index (χ4n) is 3.51. The molecule has 1 fully saturated rings. The highest BCUT2D eigenvalue weighted by Gasteiger charge is 2.40. The van der Waals surface area contributed by atoms with Gasteiger partial charge >= 0.3 is 0 Å². The molecule has 1 saturated heterocycles. The molecule has 170 valence electrons. The number of halogens is 2. The Bertz CT molecular complexity index is 1270. The largest absolute Gasteiger partial charge is 0.347 e. The maximum atomic E-state index is 13.5. The first-order chi connectivity index (χ1) is 16.5. The molecule has 0 aromatic heterocycles. The summed E-state index contributed by atoms with van der Waals surface area (Å²) in [5.74, 6) is -1.82. The Hall–Kier alpha value is -3.96. The molecule has 0 radical (unpaired) electrons. The minimum absolute atomic E-state index is 0.178. The van der Waals surface area contributed by atoms with E-state index in [1.54, 1.807) is 12.1 Å². The zero-order valence-corrected chi connectivity index (χ0v) is 18.7. The van der Waals surface area contributed by atoms with Crippen molar-refractivity contribution in [2.45, 2.75) is 18.2 Å². The molecule has 0 aliphatic carbocycles. The van der Waals surface area contributed by atoms with E-state index in [0.717, 1.165) is 22.9 Å². The molecule has 3 aromatic rings. The molecule has 1 unspecified atom stereocenters. The molecule has 8 heteroatoms. The van der Waals surface area contributed by atoms with Gasteiger partial charge in [0.05, 0.1) is 5.25 Å². The first-order valence-electron chi connectivity index (χ1n) is 10.4. The van der Waals surface area contributed by atoms with Gasteiger partial charge in [-0.05, 0) is 53.9 Å². The van der Waals surface area contributed by atoms with Gasteiger partial charge in [0.1, 0.15) is 28.3 Å². The SMILES string of the molecule is N#CC(C(=O)NCc1ccccc1)=C1SC(Cc2ccc(F)cc2)C(=O)N1c1ccc(F)cc1. The van der Waals surface area contributed by atoms with E-state index >= 15 is 0 Å². The minimum Gasteiger partial charge on any atom is -0.347 e. The van der Waals surface area contributed by atoms with E-state index in [0.29, 0.717) is 5.69 Å². The molecule has 5 nitrogen and oxygen atoms in total. The summed E-state index contributed by atoms with van der Waals surface area (Å²) in [4.78, 5) is 27.6. The average molecular weight is 476 g/mol. The number of carbonyl (C=O) groups excluding carboxylic acids is 2. The minimum atomic E-state index is -0.643. The summed E-state index contributed by atoms with van der Waals surface area (Å²) in [5, 5.41) is 12.1. The number of carbonyl (C=O) groups is 2. The van der Waals surface area contributed by atoms with E-state index in [1.807, 2.05) is 36.4 Å². The third-order valence-electron chi connectivity index (χ3n) is 5.22. The van der Waals surface area contributed by atoms with Crippen LogP contribution >= 0.6 is 11.8 Å². The Morgan fingerprint density at radius 3 is 2.18 bits per heavy atom. The van der Waals surface area contributed by atoms with E-state index in [2.05, 4.69) is 5.32 Å². The Balaban J connectivity index is 1.66. The maximum absolute atomic E-state index is 13.5. The van der Waals surface area contributed by atoms with Crippen LogP contribution in [-0.4, -0.2) is 17.1 Å². The first-order valence-corrected chi connectivity index (χ1v) is 11.3. The monoisotopic (exact) mass is 475 g/mol. The molecule has 1 aliphatic heterocycles. The fraction of sp³-hybridized carbons (Fsp3) is 0.115. The standard InChI is InChI=1S/C26H19F2N3O2S/c27-19-8-6-17(7-9-19)14-23-25(33)31(21-12-10-20(28)11-13-21)26(34-23)22(15-29)24(32)30-16-18-4-2-1-3-5-18/h1-13,23H,14,16H2,(H,30,32). The third kappa shape index (κ3) is 5.16. The number of thioether (sulfide) groups is 1. The van der Waals surface area contributed by atoms with Crippen LogP contribution in [0.3, 0.4) is 0 Å². The molecule has 0 bridgehead atoms. The van der Waals surface area contributed by atoms with Gasteiger partial charge in [-0.3, -0.25) is 14.5 Å². The molecule has 1 heterocycles. The predicted molar refractivity (Wildman–Crippen MR) is 126 cm³/mol. The first kappa shape index (κ1) is 23.2. The molecule has 3 aromatic carbocycles. The van der Waals surface area contributed by atoms with Crippen molar-refractivity contribution in [3.05, 3.63) is 112 Å². The average Bonchev–Trinajstić information content (AvgIpc) is 3.16. The van der Waals surface area contributed by atoms with Crippen molar-refractivity contribution in [1.29, 1.82) is 5.26 Å². The summed E-state index contributed by atoms with van der Waals surface area (Å²) in [5.41, 5.74) is 1.73. The number of rotatable bonds is 6. The molecule has 34 heavy (non-hydrogen) atoms. The maximum Gasteiger partial charge on any atom is 0.264 e. The molecular weight excluding hydrogens is 456 g/mol. The number of nitrogens with zero attached hydrogens (tertiary/aromatic N) is 2. The lowest BCUT2D eigenvalue weighted by molar-refractivity contribution is -0.117. The summed E-state index contributed by atoms with van der Waals surface area (Å²) in [6.07, 6.45) is 0.273. The van der Waals surface area contributed by atoms with E-state index in [-0.39, 0.29) is 35.3 Å². The predicted octanol–water partition coefficient (Wildman–Crippen LogP) is 4.71. The van der Waals surface area contributed by atoms with Crippen molar-refractivity contribution in [1.82, 2.24) is 5.32 Å². The number of benzene rings is 3. The van der Waals surface area contributed by atoms with Crippen molar-refractivity contribution in [2.24, 2.45) is 0 Å². The lowest BCUT2D eigenvalue weighted by Crippen LogP contribution is -2.32. The lowest BCUT2D eigenvalue weighted by Gasteiger charge is -2.18. The molecule has 4 rings (SSSR count). The molecular formula is C26H19F2N3O2S. The summed E-state index contributed by atoms with van der Waals surface area (Å²) < 4.78 is 26.8. The van der Waals surface area contributed by atoms with Crippen LogP contribution in [0.5, 0.6) is 0 Å². The Morgan fingerprint density at radius 2 is 1.56 bits per heavy atom. The van der Waals surface area contributed by atoms with Crippen molar-refractivity contribution in [2.75, 3.05) is 4.90 Å². The number of nitriles is 1. The van der Waals surface area contributed by atoms with Gasteiger partial charge in [-0.1, -0.05) is 54.2 Å². The Kier molecular flexibility index (Phi) is 7.04. The van der Waals surface area contributed by atoms with Crippen LogP contribution < -0.4 is 10.2 Å². The number of nitrogens with one attached hydrogen (secondary N) is 1. The van der Waals surface area contributed by atoms with Crippen molar-refractivity contribution in [3.63, 3.8) is 0 Å². The van der Waals surface area contributed by atoms with E-state index in [4.69, 9.17) is 0 Å². The number of hydrogen-bond donors (Lipinski definition) is 1. The van der Waals surface area contributed by atoms with Gasteiger partial charge in [0.2, 0.25) is 5.91 Å². The molecule has 2 amide bonds. The Labute approximate surface area is 199 Å². The van der Waals surface area contributed by atoms with Crippen LogP contribution in [0.15, 0.2) is 89.5 Å². The van der Waals surface area contributed by atoms with Crippen LogP contribution in [0.2, 0.25) is 0 Å². The lowest BCUT2D eigenvalue weighted by atomic mass is 10.1. The zero-order chi connectivity index (χ0) is 24.1. The summed E-state index contributed by atoms with van der Waals surface area (Å²) >= 11 is 1.09. The van der Waals surface area contributed by atoms with Gasteiger partial charge in [0.25, 0.3) is 5.91 Å². The second kappa shape index (κ2) is 10.3. The highest BCUT2D eigenvalue weighted by Crippen LogP contribution is 2.42. The highest BCUT2D eigenvalue weighted by atomic mass is 32.2. The van der Waals surface area contributed by atoms with E-state index < -0.39 is 17.0 Å². The van der Waals surface area contributed by atoms with Crippen molar-refractivity contribution < 1.29 is 18.4 Å². The number of anilines is 1. The quantitative estimate of drug-likeness (QED) is 0.414. The highest BCUT2D eigenvalue weighted by molar-refractivity contribution is 8.05. The summed E-state index contributed by atoms with van der Waals surface area (Å²) in [7, 11) is 0. The molecule has 1 N–H and O–H groups in total. The smallest absolute Gasteiger partial charge is 0.264 e. The zero-order valence-electron chi connectivity index (χ0n) is 17.9. The molecule has 1 aliphatic rings. The van der Waals surface area contributed by atoms with Crippen molar-refractivity contribution >= 4 is 29.3 Å². The second-order valence-corrected chi connectivity index (χ2v) is 8.74. The fourth-order valence-corrected chi connectivity index (χ4v) is 4.82. The molecule has 0 saturated carbocycles. The molecule has 0 spiro atoms. The van der Waals surface area contributed by atoms with Crippen molar-refractivity contribution in [3.8, 4) is 6.07 Å². The van der Waals surface area contributed by atoms with Gasteiger partial charge in [0.15, 0.2) is 0 Å². The summed E-state index contributed by atoms with van der Waals surface area (Å²) in [6, 6.07) is 22.2. The normalized spacial score (nSPS) is 16.8. The van der Waals surface area contributed by atoms with E-state index in [1.165, 1.54) is 41.3 Å². The van der Waals surface area contributed by atoms with E-state index in [9.17, 15) is 23.6 Å². The van der Waals surface area contributed by atoms with Crippen LogP contribution in [0.25, 0.3) is 0 Å². The topological polar surface area (TPSA) is 73.2 Å². The second-order valence-electron chi connectivity index (χ2n) is 7.55. The van der Waals surface area contributed by atoms with Gasteiger partial charge in [-0.2, -0.15) is 5.26 Å². The van der Waals surface area contributed by atoms with Gasteiger partial charge in [0, 0.05) is 12.2 Å². The van der Waals surface area contributed by atoms with Gasteiger partial charge in [-0.25, -0.2) is 8.78 Å². The Morgan fingerprint density at radius 1 is 0.941 bits per heavy atom. The van der Waals surface area contributed by atoms with Crippen LogP contribution in [0, 0.1) is 23.0 Å². The number of amides is 2. The van der Waals surface area contributed by atoms with Crippen LogP contribution in [0.4, 0.5) is 14.5 Å². The van der Waals surface area contributed by atoms with Crippen LogP contribution in [0.1, 0.15) is 11.1 Å². The summed E-state index contributed by atoms with van der Waals surface area (Å²) in [6.45, 7) is 0.215. The molecule has 1 atom stereocenters. The van der Waals surface area contributed by atoms with Crippen LogP contribution in [-0.2, 0) is 22.6 Å². The van der Waals surface area contributed by atoms with Gasteiger partial charge < -0.3 is 5.32 Å². The third-order valence-corrected chi connectivity index (χ3v) is 6.48. The van der Waals surface area contributed by atoms with Gasteiger partial charge in [-0.15, -0.1) is 0 Å².